The summed E-state index contributed by atoms with van der Waals surface area (Å²) in [6.07, 6.45) is 0. The van der Waals surface area contributed by atoms with E-state index in [0.29, 0.717) is 11.1 Å². The predicted molar refractivity (Wildman–Crippen MR) is 82.8 cm³/mol. The lowest BCUT2D eigenvalue weighted by Crippen LogP contribution is -2.06. The first-order valence-electron chi connectivity index (χ1n) is 6.77. The number of aryl methyl sites for hydroxylation is 2. The molecule has 104 valence electrons. The SMILES string of the molecule is Cc1ccc2nc(C(=O)c3ccccc3)c(O)c(C)c2c1. The van der Waals surface area contributed by atoms with E-state index in [1.807, 2.05) is 31.2 Å². The van der Waals surface area contributed by atoms with E-state index in [1.54, 1.807) is 31.2 Å². The van der Waals surface area contributed by atoms with Crippen LogP contribution in [0.5, 0.6) is 5.75 Å². The van der Waals surface area contributed by atoms with Crippen LogP contribution in [0, 0.1) is 13.8 Å². The summed E-state index contributed by atoms with van der Waals surface area (Å²) >= 11 is 0. The number of pyridine rings is 1. The summed E-state index contributed by atoms with van der Waals surface area (Å²) in [6.45, 7) is 3.79. The average Bonchev–Trinajstić information content (AvgIpc) is 2.51. The minimum Gasteiger partial charge on any atom is -0.505 e. The van der Waals surface area contributed by atoms with Crippen LogP contribution in [0.15, 0.2) is 48.5 Å². The quantitative estimate of drug-likeness (QED) is 0.725. The Labute approximate surface area is 122 Å². The van der Waals surface area contributed by atoms with Crippen LogP contribution in [0.25, 0.3) is 10.9 Å². The van der Waals surface area contributed by atoms with Gasteiger partial charge in [-0.3, -0.25) is 4.79 Å². The molecule has 0 aliphatic rings. The van der Waals surface area contributed by atoms with Crippen molar-refractivity contribution in [1.29, 1.82) is 0 Å². The fourth-order valence-electron chi connectivity index (χ4n) is 2.41. The summed E-state index contributed by atoms with van der Waals surface area (Å²) in [4.78, 5) is 16.9. The first-order valence-corrected chi connectivity index (χ1v) is 6.77. The number of ketones is 1. The highest BCUT2D eigenvalue weighted by molar-refractivity contribution is 6.11. The maximum atomic E-state index is 12.5. The maximum Gasteiger partial charge on any atom is 0.215 e. The molecule has 0 radical (unpaired) electrons. The molecule has 0 fully saturated rings. The standard InChI is InChI=1S/C18H15NO2/c1-11-8-9-15-14(10-11)12(2)17(20)16(19-15)18(21)13-6-4-3-5-7-13/h3-10,20H,1-2H3. The zero-order valence-corrected chi connectivity index (χ0v) is 11.9. The van der Waals surface area contributed by atoms with E-state index in [1.165, 1.54) is 0 Å². The molecule has 0 saturated heterocycles. The number of aromatic nitrogens is 1. The monoisotopic (exact) mass is 277 g/mol. The summed E-state index contributed by atoms with van der Waals surface area (Å²) in [5.74, 6) is -0.305. The fraction of sp³-hybridized carbons (Fsp3) is 0.111. The number of nitrogens with zero attached hydrogens (tertiary/aromatic N) is 1. The van der Waals surface area contributed by atoms with Crippen LogP contribution in [-0.4, -0.2) is 15.9 Å². The normalized spacial score (nSPS) is 10.8. The third-order valence-corrected chi connectivity index (χ3v) is 3.62. The Morgan fingerprint density at radius 3 is 2.48 bits per heavy atom. The van der Waals surface area contributed by atoms with Gasteiger partial charge in [-0.15, -0.1) is 0 Å². The number of aromatic hydroxyl groups is 1. The van der Waals surface area contributed by atoms with Crippen molar-refractivity contribution < 1.29 is 9.90 Å². The third kappa shape index (κ3) is 2.27. The number of carbonyl (C=O) groups is 1. The Kier molecular flexibility index (Phi) is 3.18. The molecule has 0 atom stereocenters. The van der Waals surface area contributed by atoms with Crippen molar-refractivity contribution in [2.45, 2.75) is 13.8 Å². The Morgan fingerprint density at radius 2 is 1.76 bits per heavy atom. The molecule has 0 aliphatic carbocycles. The van der Waals surface area contributed by atoms with Gasteiger partial charge in [0.25, 0.3) is 0 Å². The first-order chi connectivity index (χ1) is 10.1. The zero-order chi connectivity index (χ0) is 15.0. The molecular formula is C18H15NO2. The molecule has 2 aromatic carbocycles. The van der Waals surface area contributed by atoms with E-state index in [-0.39, 0.29) is 17.2 Å². The molecule has 0 saturated carbocycles. The Hall–Kier alpha value is -2.68. The predicted octanol–water partition coefficient (Wildman–Crippen LogP) is 3.79. The highest BCUT2D eigenvalue weighted by atomic mass is 16.3. The molecule has 0 spiro atoms. The van der Waals surface area contributed by atoms with Gasteiger partial charge in [-0.1, -0.05) is 42.0 Å². The number of fused-ring (bicyclic) bond motifs is 1. The van der Waals surface area contributed by atoms with Crippen LogP contribution in [-0.2, 0) is 0 Å². The summed E-state index contributed by atoms with van der Waals surface area (Å²) < 4.78 is 0. The second-order valence-corrected chi connectivity index (χ2v) is 5.15. The average molecular weight is 277 g/mol. The number of hydrogen-bond donors (Lipinski definition) is 1. The summed E-state index contributed by atoms with van der Waals surface area (Å²) in [6, 6.07) is 14.7. The van der Waals surface area contributed by atoms with E-state index in [9.17, 15) is 9.90 Å². The largest absolute Gasteiger partial charge is 0.505 e. The van der Waals surface area contributed by atoms with Gasteiger partial charge in [-0.2, -0.15) is 0 Å². The molecule has 1 heterocycles. The van der Waals surface area contributed by atoms with Crippen molar-refractivity contribution in [3.05, 3.63) is 70.9 Å². The van der Waals surface area contributed by atoms with Gasteiger partial charge in [-0.25, -0.2) is 4.98 Å². The summed E-state index contributed by atoms with van der Waals surface area (Å²) in [5, 5.41) is 11.2. The molecule has 3 aromatic rings. The minimum absolute atomic E-state index is 0.0399. The highest BCUT2D eigenvalue weighted by Gasteiger charge is 2.19. The van der Waals surface area contributed by atoms with Crippen LogP contribution >= 0.6 is 0 Å². The van der Waals surface area contributed by atoms with Crippen LogP contribution in [0.1, 0.15) is 27.2 Å². The van der Waals surface area contributed by atoms with Crippen molar-refractivity contribution >= 4 is 16.7 Å². The fourth-order valence-corrected chi connectivity index (χ4v) is 2.41. The van der Waals surface area contributed by atoms with Gasteiger partial charge >= 0.3 is 0 Å². The Bertz CT molecular complexity index is 839. The van der Waals surface area contributed by atoms with E-state index in [4.69, 9.17) is 0 Å². The van der Waals surface area contributed by atoms with E-state index in [0.717, 1.165) is 16.5 Å². The minimum atomic E-state index is -0.265. The molecule has 0 unspecified atom stereocenters. The molecule has 1 N–H and O–H groups in total. The second-order valence-electron chi connectivity index (χ2n) is 5.15. The lowest BCUT2D eigenvalue weighted by atomic mass is 10.0. The lowest BCUT2D eigenvalue weighted by Gasteiger charge is -2.10. The van der Waals surface area contributed by atoms with Crippen LogP contribution in [0.3, 0.4) is 0 Å². The molecule has 0 bridgehead atoms. The third-order valence-electron chi connectivity index (χ3n) is 3.62. The van der Waals surface area contributed by atoms with Gasteiger partial charge in [0.15, 0.2) is 5.69 Å². The molecule has 3 heteroatoms. The lowest BCUT2D eigenvalue weighted by molar-refractivity contribution is 0.103. The van der Waals surface area contributed by atoms with Crippen molar-refractivity contribution in [1.82, 2.24) is 4.98 Å². The van der Waals surface area contributed by atoms with Crippen LogP contribution in [0.4, 0.5) is 0 Å². The molecule has 0 amide bonds. The number of rotatable bonds is 2. The summed E-state index contributed by atoms with van der Waals surface area (Å²) in [7, 11) is 0. The first kappa shape index (κ1) is 13.3. The van der Waals surface area contributed by atoms with Crippen molar-refractivity contribution in [2.24, 2.45) is 0 Å². The van der Waals surface area contributed by atoms with Crippen LogP contribution < -0.4 is 0 Å². The van der Waals surface area contributed by atoms with Crippen molar-refractivity contribution in [3.63, 3.8) is 0 Å². The van der Waals surface area contributed by atoms with Gasteiger partial charge in [0.1, 0.15) is 5.75 Å². The van der Waals surface area contributed by atoms with E-state index >= 15 is 0 Å². The topological polar surface area (TPSA) is 50.2 Å². The zero-order valence-electron chi connectivity index (χ0n) is 11.9. The second kappa shape index (κ2) is 5.02. The molecule has 0 aliphatic heterocycles. The number of carbonyl (C=O) groups excluding carboxylic acids is 1. The number of hydrogen-bond acceptors (Lipinski definition) is 3. The van der Waals surface area contributed by atoms with E-state index in [2.05, 4.69) is 4.98 Å². The molecule has 1 aromatic heterocycles. The Morgan fingerprint density at radius 1 is 1.05 bits per heavy atom. The van der Waals surface area contributed by atoms with Crippen LogP contribution in [0.2, 0.25) is 0 Å². The summed E-state index contributed by atoms with van der Waals surface area (Å²) in [5.41, 5.74) is 3.12. The van der Waals surface area contributed by atoms with Gasteiger partial charge in [-0.05, 0) is 26.0 Å². The number of benzene rings is 2. The van der Waals surface area contributed by atoms with Crippen molar-refractivity contribution in [3.8, 4) is 5.75 Å². The van der Waals surface area contributed by atoms with Gasteiger partial charge in [0.2, 0.25) is 5.78 Å². The van der Waals surface area contributed by atoms with E-state index < -0.39 is 0 Å². The van der Waals surface area contributed by atoms with Gasteiger partial charge in [0.05, 0.1) is 5.52 Å². The van der Waals surface area contributed by atoms with Gasteiger partial charge < -0.3 is 5.11 Å². The molecular weight excluding hydrogens is 262 g/mol. The van der Waals surface area contributed by atoms with Crippen molar-refractivity contribution in [2.75, 3.05) is 0 Å². The maximum absolute atomic E-state index is 12.5. The molecule has 3 rings (SSSR count). The smallest absolute Gasteiger partial charge is 0.215 e. The van der Waals surface area contributed by atoms with Gasteiger partial charge in [0, 0.05) is 16.5 Å². The molecule has 3 nitrogen and oxygen atoms in total. The highest BCUT2D eigenvalue weighted by Crippen LogP contribution is 2.30. The molecule has 21 heavy (non-hydrogen) atoms. The Balaban J connectivity index is 2.22.